The molecule has 3 heterocycles. The molecule has 1 aromatic carbocycles. The van der Waals surface area contributed by atoms with Gasteiger partial charge in [-0.3, -0.25) is 10.00 Å². The highest BCUT2D eigenvalue weighted by Gasteiger charge is 2.47. The second-order valence-electron chi connectivity index (χ2n) is 7.21. The Labute approximate surface area is 147 Å². The maximum absolute atomic E-state index is 9.97. The van der Waals surface area contributed by atoms with E-state index in [-0.39, 0.29) is 12.0 Å². The lowest BCUT2D eigenvalue weighted by atomic mass is 9.75. The number of nitrogens with one attached hydrogen (secondary N) is 1. The summed E-state index contributed by atoms with van der Waals surface area (Å²) in [6.07, 6.45) is 2.85. The Balaban J connectivity index is 1.51. The van der Waals surface area contributed by atoms with Crippen molar-refractivity contribution in [2.45, 2.75) is 13.0 Å². The van der Waals surface area contributed by atoms with E-state index in [0.29, 0.717) is 5.92 Å². The smallest absolute Gasteiger partial charge is 0.118 e. The Bertz CT molecular complexity index is 715. The first kappa shape index (κ1) is 16.6. The van der Waals surface area contributed by atoms with Gasteiger partial charge in [0.15, 0.2) is 0 Å². The molecule has 2 aliphatic heterocycles. The number of ether oxygens (including phenoxy) is 2. The number of benzene rings is 1. The first-order chi connectivity index (χ1) is 12.2. The van der Waals surface area contributed by atoms with E-state index in [4.69, 9.17) is 9.47 Å². The lowest BCUT2D eigenvalue weighted by Crippen LogP contribution is -2.41. The van der Waals surface area contributed by atoms with Crippen LogP contribution in [0.1, 0.15) is 12.0 Å². The molecule has 134 valence electrons. The second kappa shape index (κ2) is 6.78. The summed E-state index contributed by atoms with van der Waals surface area (Å²) in [5.41, 5.74) is 3.33. The summed E-state index contributed by atoms with van der Waals surface area (Å²) in [4.78, 5) is 2.42. The summed E-state index contributed by atoms with van der Waals surface area (Å²) >= 11 is 0. The first-order valence-electron chi connectivity index (χ1n) is 8.82. The fourth-order valence-corrected chi connectivity index (χ4v) is 4.22. The number of aromatic nitrogens is 2. The Hall–Kier alpha value is -1.89. The zero-order chi connectivity index (χ0) is 17.3. The van der Waals surface area contributed by atoms with Crippen molar-refractivity contribution in [3.8, 4) is 17.0 Å². The zero-order valence-electron chi connectivity index (χ0n) is 14.6. The molecule has 0 bridgehead atoms. The molecule has 0 spiro atoms. The molecule has 0 unspecified atom stereocenters. The predicted octanol–water partition coefficient (Wildman–Crippen LogP) is 1.92. The summed E-state index contributed by atoms with van der Waals surface area (Å²) in [6.45, 7) is 4.48. The molecule has 2 N–H and O–H groups in total. The molecule has 2 aromatic rings. The quantitative estimate of drug-likeness (QED) is 0.868. The van der Waals surface area contributed by atoms with Crippen LogP contribution in [0.15, 0.2) is 30.5 Å². The predicted molar refractivity (Wildman–Crippen MR) is 94.3 cm³/mol. The average molecular weight is 343 g/mol. The van der Waals surface area contributed by atoms with Crippen molar-refractivity contribution in [3.05, 3.63) is 36.0 Å². The van der Waals surface area contributed by atoms with Crippen molar-refractivity contribution < 1.29 is 14.6 Å². The number of fused-ring (bicyclic) bond motifs is 1. The monoisotopic (exact) mass is 343 g/mol. The van der Waals surface area contributed by atoms with E-state index in [1.807, 2.05) is 30.5 Å². The van der Waals surface area contributed by atoms with Gasteiger partial charge in [0.05, 0.1) is 32.2 Å². The van der Waals surface area contributed by atoms with Crippen LogP contribution >= 0.6 is 0 Å². The van der Waals surface area contributed by atoms with Gasteiger partial charge in [0.2, 0.25) is 0 Å². The molecule has 2 atom stereocenters. The van der Waals surface area contributed by atoms with Gasteiger partial charge in [0.25, 0.3) is 0 Å². The molecule has 1 aromatic heterocycles. The normalized spacial score (nSPS) is 26.6. The molecule has 0 saturated carbocycles. The molecule has 0 radical (unpaired) electrons. The summed E-state index contributed by atoms with van der Waals surface area (Å²) in [6, 6.07) is 8.01. The Kier molecular flexibility index (Phi) is 4.50. The number of hydrogen-bond donors (Lipinski definition) is 2. The van der Waals surface area contributed by atoms with Crippen molar-refractivity contribution >= 4 is 0 Å². The maximum atomic E-state index is 9.97. The molecule has 2 saturated heterocycles. The van der Waals surface area contributed by atoms with Crippen LogP contribution in [0.4, 0.5) is 0 Å². The molecule has 0 aliphatic carbocycles. The van der Waals surface area contributed by atoms with Gasteiger partial charge in [-0.1, -0.05) is 0 Å². The zero-order valence-corrected chi connectivity index (χ0v) is 14.6. The van der Waals surface area contributed by atoms with Gasteiger partial charge in [-0.15, -0.1) is 0 Å². The van der Waals surface area contributed by atoms with Crippen LogP contribution in [0.5, 0.6) is 5.75 Å². The molecular weight excluding hydrogens is 318 g/mol. The van der Waals surface area contributed by atoms with Crippen molar-refractivity contribution in [1.29, 1.82) is 0 Å². The summed E-state index contributed by atoms with van der Waals surface area (Å²) in [5, 5.41) is 17.3. The standard InChI is InChI=1S/C19H25N3O3/c1-24-17-4-2-14(3-5-17)18-15(8-20-21-18)9-22-10-16-11-25-7-6-19(16,12-22)13-23/h2-5,8,16,23H,6-7,9-13H2,1H3,(H,20,21)/t16-,19-/m1/s1. The van der Waals surface area contributed by atoms with Crippen LogP contribution in [0.25, 0.3) is 11.3 Å². The molecule has 4 rings (SSSR count). The van der Waals surface area contributed by atoms with Crippen LogP contribution in [0.2, 0.25) is 0 Å². The van der Waals surface area contributed by atoms with Gasteiger partial charge in [0.1, 0.15) is 5.75 Å². The molecular formula is C19H25N3O3. The lowest BCUT2D eigenvalue weighted by molar-refractivity contribution is -0.0417. The van der Waals surface area contributed by atoms with Crippen LogP contribution in [0, 0.1) is 11.3 Å². The minimum atomic E-state index is 0.00224. The largest absolute Gasteiger partial charge is 0.497 e. The topological polar surface area (TPSA) is 70.6 Å². The number of hydrogen-bond acceptors (Lipinski definition) is 5. The number of nitrogens with zero attached hydrogens (tertiary/aromatic N) is 2. The number of H-pyrrole nitrogens is 1. The van der Waals surface area contributed by atoms with Crippen LogP contribution < -0.4 is 4.74 Å². The summed E-state index contributed by atoms with van der Waals surface area (Å²) in [7, 11) is 1.67. The molecule has 6 heteroatoms. The third-order valence-electron chi connectivity index (χ3n) is 5.75. The molecule has 2 aliphatic rings. The molecule has 25 heavy (non-hydrogen) atoms. The van der Waals surface area contributed by atoms with Gasteiger partial charge in [-0.2, -0.15) is 5.10 Å². The highest BCUT2D eigenvalue weighted by Crippen LogP contribution is 2.42. The van der Waals surface area contributed by atoms with E-state index >= 15 is 0 Å². The van der Waals surface area contributed by atoms with E-state index in [9.17, 15) is 5.11 Å². The highest BCUT2D eigenvalue weighted by molar-refractivity contribution is 5.63. The fraction of sp³-hybridized carbons (Fsp3) is 0.526. The minimum Gasteiger partial charge on any atom is -0.497 e. The number of aliphatic hydroxyl groups excluding tert-OH is 1. The fourth-order valence-electron chi connectivity index (χ4n) is 4.22. The van der Waals surface area contributed by atoms with Crippen molar-refractivity contribution in [2.24, 2.45) is 11.3 Å². The van der Waals surface area contributed by atoms with Crippen LogP contribution in [0.3, 0.4) is 0 Å². The van der Waals surface area contributed by atoms with Gasteiger partial charge < -0.3 is 14.6 Å². The maximum Gasteiger partial charge on any atom is 0.118 e. The number of rotatable bonds is 5. The highest BCUT2D eigenvalue weighted by atomic mass is 16.5. The Morgan fingerprint density at radius 1 is 1.40 bits per heavy atom. The van der Waals surface area contributed by atoms with Gasteiger partial charge >= 0.3 is 0 Å². The molecule has 0 amide bonds. The van der Waals surface area contributed by atoms with Crippen molar-refractivity contribution in [3.63, 3.8) is 0 Å². The van der Waals surface area contributed by atoms with Crippen molar-refractivity contribution in [2.75, 3.05) is 40.0 Å². The third-order valence-corrected chi connectivity index (χ3v) is 5.75. The lowest BCUT2D eigenvalue weighted by Gasteiger charge is -2.36. The van der Waals surface area contributed by atoms with E-state index in [0.717, 1.165) is 56.3 Å². The number of aromatic amines is 1. The number of aliphatic hydroxyl groups is 1. The summed E-state index contributed by atoms with van der Waals surface area (Å²) < 4.78 is 10.9. The Morgan fingerprint density at radius 3 is 2.96 bits per heavy atom. The summed E-state index contributed by atoms with van der Waals surface area (Å²) in [5.74, 6) is 1.26. The van der Waals surface area contributed by atoms with E-state index in [2.05, 4.69) is 15.1 Å². The van der Waals surface area contributed by atoms with Crippen LogP contribution in [-0.4, -0.2) is 60.2 Å². The number of likely N-dealkylation sites (tertiary alicyclic amines) is 1. The molecule has 6 nitrogen and oxygen atoms in total. The second-order valence-corrected chi connectivity index (χ2v) is 7.21. The van der Waals surface area contributed by atoms with E-state index in [1.54, 1.807) is 7.11 Å². The van der Waals surface area contributed by atoms with E-state index < -0.39 is 0 Å². The SMILES string of the molecule is COc1ccc(-c2[nH]ncc2CN2C[C@@H]3COCC[C@]3(CO)C2)cc1. The first-order valence-corrected chi connectivity index (χ1v) is 8.82. The Morgan fingerprint density at radius 2 is 2.24 bits per heavy atom. The minimum absolute atomic E-state index is 0.00224. The third kappa shape index (κ3) is 3.05. The van der Waals surface area contributed by atoms with Gasteiger partial charge in [-0.25, -0.2) is 0 Å². The van der Waals surface area contributed by atoms with Gasteiger partial charge in [-0.05, 0) is 30.7 Å². The average Bonchev–Trinajstić information content (AvgIpc) is 3.26. The van der Waals surface area contributed by atoms with Crippen LogP contribution in [-0.2, 0) is 11.3 Å². The van der Waals surface area contributed by atoms with Crippen molar-refractivity contribution in [1.82, 2.24) is 15.1 Å². The number of methoxy groups -OCH3 is 1. The van der Waals surface area contributed by atoms with E-state index in [1.165, 1.54) is 5.56 Å². The molecule has 2 fully saturated rings. The van der Waals surface area contributed by atoms with Gasteiger partial charge in [0, 0.05) is 48.7 Å².